The van der Waals surface area contributed by atoms with E-state index < -0.39 is 0 Å². The van der Waals surface area contributed by atoms with Crippen molar-refractivity contribution in [3.05, 3.63) is 70.0 Å². The third-order valence-corrected chi connectivity index (χ3v) is 4.00. The Hall–Kier alpha value is -1.87. The van der Waals surface area contributed by atoms with Crippen molar-refractivity contribution < 1.29 is 4.74 Å². The van der Waals surface area contributed by atoms with E-state index in [9.17, 15) is 0 Å². The van der Waals surface area contributed by atoms with Gasteiger partial charge in [0.1, 0.15) is 12.4 Å². The van der Waals surface area contributed by atoms with Crippen LogP contribution in [-0.2, 0) is 6.61 Å². The molecule has 2 nitrogen and oxygen atoms in total. The fourth-order valence-corrected chi connectivity index (χ4v) is 2.84. The summed E-state index contributed by atoms with van der Waals surface area (Å²) in [5, 5.41) is 2.23. The van der Waals surface area contributed by atoms with Gasteiger partial charge in [-0.1, -0.05) is 46.3 Å². The van der Waals surface area contributed by atoms with Crippen LogP contribution < -0.4 is 4.74 Å². The Morgan fingerprint density at radius 2 is 1.71 bits per heavy atom. The normalized spacial score (nSPS) is 10.8. The van der Waals surface area contributed by atoms with Gasteiger partial charge in [-0.05, 0) is 37.6 Å². The van der Waals surface area contributed by atoms with Crippen molar-refractivity contribution in [2.45, 2.75) is 20.5 Å². The summed E-state index contributed by atoms with van der Waals surface area (Å²) in [5.74, 6) is 0.868. The van der Waals surface area contributed by atoms with E-state index in [4.69, 9.17) is 4.74 Å². The van der Waals surface area contributed by atoms with Crippen LogP contribution in [0.3, 0.4) is 0 Å². The predicted molar refractivity (Wildman–Crippen MR) is 89.7 cm³/mol. The van der Waals surface area contributed by atoms with Gasteiger partial charge in [0.15, 0.2) is 0 Å². The number of rotatable bonds is 3. The van der Waals surface area contributed by atoms with Crippen LogP contribution in [0.4, 0.5) is 0 Å². The molecule has 1 aromatic heterocycles. The minimum absolute atomic E-state index is 0.553. The molecule has 0 aliphatic rings. The molecular formula is C18H16BrNO. The Morgan fingerprint density at radius 3 is 2.48 bits per heavy atom. The van der Waals surface area contributed by atoms with E-state index in [0.717, 1.165) is 37.9 Å². The molecule has 3 aromatic rings. The smallest absolute Gasteiger partial charge is 0.148 e. The van der Waals surface area contributed by atoms with Crippen LogP contribution in [0.5, 0.6) is 5.75 Å². The Bertz CT molecular complexity index is 784. The second kappa shape index (κ2) is 5.86. The SMILES string of the molecule is Cc1nc(C)c2cc(Br)ccc2c1OCc1ccccc1. The van der Waals surface area contributed by atoms with Crippen molar-refractivity contribution in [1.82, 2.24) is 4.98 Å². The van der Waals surface area contributed by atoms with Crippen molar-refractivity contribution in [2.75, 3.05) is 0 Å². The Morgan fingerprint density at radius 1 is 0.952 bits per heavy atom. The summed E-state index contributed by atoms with van der Waals surface area (Å²) in [7, 11) is 0. The molecule has 0 N–H and O–H groups in total. The quantitative estimate of drug-likeness (QED) is 0.653. The van der Waals surface area contributed by atoms with Gasteiger partial charge >= 0.3 is 0 Å². The zero-order valence-corrected chi connectivity index (χ0v) is 13.6. The van der Waals surface area contributed by atoms with E-state index in [1.165, 1.54) is 0 Å². The number of hydrogen-bond acceptors (Lipinski definition) is 2. The number of halogens is 1. The van der Waals surface area contributed by atoms with E-state index in [-0.39, 0.29) is 0 Å². The van der Waals surface area contributed by atoms with Crippen molar-refractivity contribution in [2.24, 2.45) is 0 Å². The maximum atomic E-state index is 6.05. The van der Waals surface area contributed by atoms with Gasteiger partial charge in [-0.2, -0.15) is 0 Å². The number of benzene rings is 2. The highest BCUT2D eigenvalue weighted by atomic mass is 79.9. The molecule has 0 aliphatic carbocycles. The molecule has 21 heavy (non-hydrogen) atoms. The molecule has 0 aliphatic heterocycles. The van der Waals surface area contributed by atoms with Crippen molar-refractivity contribution >= 4 is 26.7 Å². The molecule has 3 heteroatoms. The van der Waals surface area contributed by atoms with Crippen molar-refractivity contribution in [1.29, 1.82) is 0 Å². The number of fused-ring (bicyclic) bond motifs is 1. The van der Waals surface area contributed by atoms with Gasteiger partial charge in [-0.25, -0.2) is 0 Å². The molecule has 0 saturated carbocycles. The Balaban J connectivity index is 2.01. The molecule has 0 unspecified atom stereocenters. The van der Waals surface area contributed by atoms with E-state index >= 15 is 0 Å². The average Bonchev–Trinajstić information content (AvgIpc) is 2.48. The average molecular weight is 342 g/mol. The highest BCUT2D eigenvalue weighted by Crippen LogP contribution is 2.32. The summed E-state index contributed by atoms with van der Waals surface area (Å²) >= 11 is 3.52. The fourth-order valence-electron chi connectivity index (χ4n) is 2.48. The number of hydrogen-bond donors (Lipinski definition) is 0. The Labute approximate surface area is 132 Å². The molecule has 106 valence electrons. The number of aromatic nitrogens is 1. The second-order valence-electron chi connectivity index (χ2n) is 5.08. The standard InChI is InChI=1S/C18H16BrNO/c1-12-17-10-15(19)8-9-16(17)18(13(2)20-12)21-11-14-6-4-3-5-7-14/h3-10H,11H2,1-2H3. The molecule has 0 atom stereocenters. The minimum Gasteiger partial charge on any atom is -0.486 e. The summed E-state index contributed by atoms with van der Waals surface area (Å²) in [4.78, 5) is 4.61. The molecule has 0 amide bonds. The van der Waals surface area contributed by atoms with Gasteiger partial charge < -0.3 is 4.74 Å². The third kappa shape index (κ3) is 2.93. The third-order valence-electron chi connectivity index (χ3n) is 3.51. The van der Waals surface area contributed by atoms with Gasteiger partial charge in [0.05, 0.1) is 5.69 Å². The van der Waals surface area contributed by atoms with E-state index in [1.807, 2.05) is 38.1 Å². The zero-order chi connectivity index (χ0) is 14.8. The lowest BCUT2D eigenvalue weighted by molar-refractivity contribution is 0.306. The van der Waals surface area contributed by atoms with Gasteiger partial charge in [0.25, 0.3) is 0 Å². The lowest BCUT2D eigenvalue weighted by Crippen LogP contribution is -2.00. The number of nitrogens with zero attached hydrogens (tertiary/aromatic N) is 1. The molecule has 0 spiro atoms. The first kappa shape index (κ1) is 14.1. The van der Waals surface area contributed by atoms with Crippen LogP contribution >= 0.6 is 15.9 Å². The second-order valence-corrected chi connectivity index (χ2v) is 5.99. The monoisotopic (exact) mass is 341 g/mol. The maximum absolute atomic E-state index is 6.05. The van der Waals surface area contributed by atoms with Crippen LogP contribution in [0.1, 0.15) is 17.0 Å². The molecule has 0 radical (unpaired) electrons. The fraction of sp³-hybridized carbons (Fsp3) is 0.167. The first-order chi connectivity index (χ1) is 10.1. The molecule has 2 aromatic carbocycles. The van der Waals surface area contributed by atoms with Crippen molar-refractivity contribution in [3.63, 3.8) is 0 Å². The van der Waals surface area contributed by atoms with E-state index in [0.29, 0.717) is 6.61 Å². The Kier molecular flexibility index (Phi) is 3.93. The van der Waals surface area contributed by atoms with Gasteiger partial charge in [0, 0.05) is 20.9 Å². The molecule has 0 fully saturated rings. The highest BCUT2D eigenvalue weighted by Gasteiger charge is 2.11. The summed E-state index contributed by atoms with van der Waals surface area (Å²) in [6.07, 6.45) is 0. The summed E-state index contributed by atoms with van der Waals surface area (Å²) in [5.41, 5.74) is 3.11. The van der Waals surface area contributed by atoms with Crippen LogP contribution in [0.25, 0.3) is 10.8 Å². The molecule has 3 rings (SSSR count). The first-order valence-corrected chi connectivity index (χ1v) is 7.67. The zero-order valence-electron chi connectivity index (χ0n) is 12.1. The largest absolute Gasteiger partial charge is 0.486 e. The van der Waals surface area contributed by atoms with Gasteiger partial charge in [-0.3, -0.25) is 4.98 Å². The highest BCUT2D eigenvalue weighted by molar-refractivity contribution is 9.10. The summed E-state index contributed by atoms with van der Waals surface area (Å²) in [6.45, 7) is 4.58. The predicted octanol–water partition coefficient (Wildman–Crippen LogP) is 5.19. The van der Waals surface area contributed by atoms with E-state index in [2.05, 4.69) is 45.2 Å². The minimum atomic E-state index is 0.553. The maximum Gasteiger partial charge on any atom is 0.148 e. The number of aryl methyl sites for hydroxylation is 2. The van der Waals surface area contributed by atoms with Gasteiger partial charge in [0.2, 0.25) is 0 Å². The van der Waals surface area contributed by atoms with Gasteiger partial charge in [-0.15, -0.1) is 0 Å². The van der Waals surface area contributed by atoms with E-state index in [1.54, 1.807) is 0 Å². The van der Waals surface area contributed by atoms with Crippen LogP contribution in [0, 0.1) is 13.8 Å². The lowest BCUT2D eigenvalue weighted by Gasteiger charge is -2.14. The number of pyridine rings is 1. The molecule has 1 heterocycles. The van der Waals surface area contributed by atoms with Crippen LogP contribution in [0.15, 0.2) is 53.0 Å². The first-order valence-electron chi connectivity index (χ1n) is 6.88. The molecule has 0 bridgehead atoms. The molecular weight excluding hydrogens is 326 g/mol. The molecule has 0 saturated heterocycles. The van der Waals surface area contributed by atoms with Crippen molar-refractivity contribution in [3.8, 4) is 5.75 Å². The van der Waals surface area contributed by atoms with Crippen LogP contribution in [-0.4, -0.2) is 4.98 Å². The lowest BCUT2D eigenvalue weighted by atomic mass is 10.1. The van der Waals surface area contributed by atoms with Crippen LogP contribution in [0.2, 0.25) is 0 Å². The topological polar surface area (TPSA) is 22.1 Å². The number of ether oxygens (including phenoxy) is 1. The summed E-state index contributed by atoms with van der Waals surface area (Å²) in [6, 6.07) is 16.4. The summed E-state index contributed by atoms with van der Waals surface area (Å²) < 4.78 is 7.11.